The molecule has 312 valence electrons. The molecule has 2 saturated heterocycles. The molecule has 2 aliphatic rings. The van der Waals surface area contributed by atoms with E-state index in [1.54, 1.807) is 36.4 Å². The highest BCUT2D eigenvalue weighted by Gasteiger charge is 2.40. The van der Waals surface area contributed by atoms with Gasteiger partial charge in [0, 0.05) is 24.9 Å². The molecule has 2 aromatic carbocycles. The first kappa shape index (κ1) is 43.1. The Kier molecular flexibility index (Phi) is 13.8. The summed E-state index contributed by atoms with van der Waals surface area (Å²) in [5.41, 5.74) is 0.859. The van der Waals surface area contributed by atoms with Crippen molar-refractivity contribution in [3.05, 3.63) is 107 Å². The van der Waals surface area contributed by atoms with E-state index in [0.717, 1.165) is 12.4 Å². The van der Waals surface area contributed by atoms with Crippen LogP contribution in [0.1, 0.15) is 89.7 Å². The molecule has 0 saturated carbocycles. The molecule has 0 spiro atoms. The van der Waals surface area contributed by atoms with Crippen LogP contribution in [0.15, 0.2) is 60.9 Å². The van der Waals surface area contributed by atoms with Gasteiger partial charge in [0.1, 0.15) is 40.0 Å². The molecule has 4 aromatic rings. The van der Waals surface area contributed by atoms with Gasteiger partial charge < -0.3 is 9.47 Å². The van der Waals surface area contributed by atoms with Crippen LogP contribution in [0.5, 0.6) is 11.8 Å². The molecular weight excluding hydrogens is 749 g/mol. The number of benzene rings is 2. The zero-order valence-electron chi connectivity index (χ0n) is 34.5. The molecule has 58 heavy (non-hydrogen) atoms. The Morgan fingerprint density at radius 2 is 1.00 bits per heavy atom. The van der Waals surface area contributed by atoms with Crippen molar-refractivity contribution >= 4 is 5.78 Å². The minimum absolute atomic E-state index is 0.0407. The van der Waals surface area contributed by atoms with E-state index >= 15 is 13.6 Å². The summed E-state index contributed by atoms with van der Waals surface area (Å²) in [6, 6.07) is 13.2. The summed E-state index contributed by atoms with van der Waals surface area (Å²) in [7, 11) is 0. The van der Waals surface area contributed by atoms with E-state index in [1.165, 1.54) is 12.1 Å². The van der Waals surface area contributed by atoms with E-state index in [9.17, 15) is 8.78 Å². The van der Waals surface area contributed by atoms with E-state index in [2.05, 4.69) is 29.7 Å². The summed E-state index contributed by atoms with van der Waals surface area (Å²) in [6.45, 7) is 14.6. The van der Waals surface area contributed by atoms with Gasteiger partial charge in [-0.3, -0.25) is 14.6 Å². The highest BCUT2D eigenvalue weighted by Crippen LogP contribution is 2.38. The zero-order valence-corrected chi connectivity index (χ0v) is 34.5. The molecule has 0 N–H and O–H groups in total. The first-order valence-electron chi connectivity index (χ1n) is 20.4. The van der Waals surface area contributed by atoms with Crippen molar-refractivity contribution in [1.29, 1.82) is 0 Å². The van der Waals surface area contributed by atoms with Gasteiger partial charge in [0.05, 0.1) is 12.4 Å². The van der Waals surface area contributed by atoms with Crippen LogP contribution >= 0.6 is 0 Å². The van der Waals surface area contributed by atoms with Crippen molar-refractivity contribution in [3.63, 3.8) is 0 Å². The number of piperidine rings is 2. The number of ether oxygens (including phenoxy) is 2. The number of ketones is 1. The molecule has 2 unspecified atom stereocenters. The van der Waals surface area contributed by atoms with Gasteiger partial charge >= 0.3 is 0 Å². The van der Waals surface area contributed by atoms with Gasteiger partial charge in [0.15, 0.2) is 0 Å². The number of carbonyl (C=O) groups is 1. The van der Waals surface area contributed by atoms with Crippen LogP contribution in [-0.2, 0) is 30.7 Å². The monoisotopic (exact) mass is 804 g/mol. The normalized spacial score (nSPS) is 17.6. The molecule has 6 rings (SSSR count). The molecule has 0 amide bonds. The predicted molar refractivity (Wildman–Crippen MR) is 213 cm³/mol. The first-order chi connectivity index (χ1) is 27.5. The number of nitrogens with zero attached hydrogens (tertiary/aromatic N) is 6. The quantitative estimate of drug-likeness (QED) is 0.116. The second-order valence-corrected chi connectivity index (χ2v) is 17.8. The van der Waals surface area contributed by atoms with E-state index < -0.39 is 34.9 Å². The van der Waals surface area contributed by atoms with Crippen molar-refractivity contribution in [2.45, 2.75) is 104 Å². The van der Waals surface area contributed by atoms with E-state index in [4.69, 9.17) is 9.47 Å². The van der Waals surface area contributed by atoms with Crippen molar-refractivity contribution < 1.29 is 31.8 Å². The van der Waals surface area contributed by atoms with Gasteiger partial charge in [-0.1, -0.05) is 36.4 Å². The van der Waals surface area contributed by atoms with Gasteiger partial charge in [-0.2, -0.15) is 18.7 Å². The van der Waals surface area contributed by atoms with Gasteiger partial charge in [0.25, 0.3) is 0 Å². The zero-order chi connectivity index (χ0) is 41.6. The van der Waals surface area contributed by atoms with Gasteiger partial charge in [-0.15, -0.1) is 0 Å². The van der Waals surface area contributed by atoms with Crippen LogP contribution in [0, 0.1) is 47.2 Å². The van der Waals surface area contributed by atoms with Crippen LogP contribution in [0.3, 0.4) is 0 Å². The Hall–Kier alpha value is -4.49. The third-order valence-electron chi connectivity index (χ3n) is 11.0. The number of rotatable bonds is 14. The molecule has 0 bridgehead atoms. The summed E-state index contributed by atoms with van der Waals surface area (Å²) in [6.07, 6.45) is 5.39. The average Bonchev–Trinajstić information content (AvgIpc) is 3.16. The molecule has 4 heterocycles. The maximum Gasteiger partial charge on any atom is 0.240 e. The van der Waals surface area contributed by atoms with Crippen molar-refractivity contribution in [3.8, 4) is 11.8 Å². The van der Waals surface area contributed by atoms with Gasteiger partial charge in [-0.05, 0) is 141 Å². The number of halogens is 4. The van der Waals surface area contributed by atoms with Crippen molar-refractivity contribution in [2.24, 2.45) is 23.7 Å². The lowest BCUT2D eigenvalue weighted by molar-refractivity contribution is -0.131. The Morgan fingerprint density at radius 1 is 0.638 bits per heavy atom. The summed E-state index contributed by atoms with van der Waals surface area (Å²) in [5, 5.41) is 0. The second-order valence-electron chi connectivity index (χ2n) is 17.8. The highest BCUT2D eigenvalue weighted by molar-refractivity contribution is 5.84. The Bertz CT molecular complexity index is 1860. The molecule has 0 radical (unpaired) electrons. The summed E-state index contributed by atoms with van der Waals surface area (Å²) >= 11 is 0. The lowest BCUT2D eigenvalue weighted by Crippen LogP contribution is -2.44. The fraction of sp³-hybridized carbons (Fsp3) is 0.533. The Labute approximate surface area is 339 Å². The lowest BCUT2D eigenvalue weighted by atomic mass is 9.69. The summed E-state index contributed by atoms with van der Waals surface area (Å²) in [4.78, 5) is 36.2. The smallest absolute Gasteiger partial charge is 0.240 e. The number of hydrogen-bond acceptors (Lipinski definition) is 9. The SMILES string of the molecule is CC(C)(C)Oc1nc(F)cnc1CN1CCC(C(Cc2ccccc2F)C(=O)C(Cc2ccccc2F)C2CCN(Cc3ncc(F)nc3OC(C)(C)C)CC2)CC1. The number of aromatic nitrogens is 4. The minimum Gasteiger partial charge on any atom is -0.471 e. The topological polar surface area (TPSA) is 93.6 Å². The second kappa shape index (κ2) is 18.6. The summed E-state index contributed by atoms with van der Waals surface area (Å²) < 4.78 is 70.7. The van der Waals surface area contributed by atoms with Gasteiger partial charge in [0.2, 0.25) is 23.7 Å². The largest absolute Gasteiger partial charge is 0.471 e. The highest BCUT2D eigenvalue weighted by atomic mass is 19.1. The first-order valence-corrected chi connectivity index (χ1v) is 20.4. The molecule has 13 heteroatoms. The van der Waals surface area contributed by atoms with Crippen LogP contribution in [0.25, 0.3) is 0 Å². The minimum atomic E-state index is -0.714. The third-order valence-corrected chi connectivity index (χ3v) is 11.0. The van der Waals surface area contributed by atoms with Crippen molar-refractivity contribution in [1.82, 2.24) is 29.7 Å². The van der Waals surface area contributed by atoms with Gasteiger partial charge in [-0.25, -0.2) is 18.7 Å². The number of hydrogen-bond donors (Lipinski definition) is 0. The molecule has 0 aliphatic carbocycles. The molecule has 2 aromatic heterocycles. The average molecular weight is 805 g/mol. The van der Waals surface area contributed by atoms with Crippen LogP contribution in [0.4, 0.5) is 17.6 Å². The number of Topliss-reactive ketones (excluding diaryl/α,β-unsaturated/α-hetero) is 1. The summed E-state index contributed by atoms with van der Waals surface area (Å²) in [5.74, 6) is -2.85. The maximum absolute atomic E-state index is 15.3. The van der Waals surface area contributed by atoms with Crippen molar-refractivity contribution in [2.75, 3.05) is 26.2 Å². The van der Waals surface area contributed by atoms with Crippen LogP contribution < -0.4 is 9.47 Å². The van der Waals surface area contributed by atoms with E-state index in [1.807, 2.05) is 41.5 Å². The standard InChI is InChI=1S/C45H56F4N6O3/c1-44(2,3)57-42-37(50-25-39(48)52-42)27-54-19-15-29(16-20-54)33(23-31-11-7-9-13-35(31)46)41(56)34(24-32-12-8-10-14-36(32)47)30-17-21-55(22-18-30)28-38-43(58-45(4,5)6)53-40(49)26-51-38/h7-14,25-26,29-30,33-34H,15-24,27-28H2,1-6H3. The molecule has 2 atom stereocenters. The fourth-order valence-corrected chi connectivity index (χ4v) is 8.24. The third kappa shape index (κ3) is 11.8. The van der Waals surface area contributed by atoms with Crippen LogP contribution in [0.2, 0.25) is 0 Å². The lowest BCUT2D eigenvalue weighted by Gasteiger charge is -2.40. The predicted octanol–water partition coefficient (Wildman–Crippen LogP) is 8.59. The maximum atomic E-state index is 15.3. The fourth-order valence-electron chi connectivity index (χ4n) is 8.24. The Balaban J connectivity index is 1.22. The molecule has 2 fully saturated rings. The molecule has 9 nitrogen and oxygen atoms in total. The number of carbonyl (C=O) groups excluding carboxylic acids is 1. The Morgan fingerprint density at radius 3 is 1.34 bits per heavy atom. The molecular formula is C45H56F4N6O3. The van der Waals surface area contributed by atoms with E-state index in [-0.39, 0.29) is 53.9 Å². The van der Waals surface area contributed by atoms with Crippen LogP contribution in [-0.4, -0.2) is 72.9 Å². The number of likely N-dealkylation sites (tertiary alicyclic amines) is 2. The van der Waals surface area contributed by atoms with E-state index in [0.29, 0.717) is 87.5 Å². The molecule has 2 aliphatic heterocycles.